The Labute approximate surface area is 118 Å². The van der Waals surface area contributed by atoms with Crippen LogP contribution in [0, 0.1) is 5.82 Å². The quantitative estimate of drug-likeness (QED) is 0.816. The molecule has 3 heteroatoms. The molecule has 1 amide bonds. The molecule has 0 aliphatic heterocycles. The summed E-state index contributed by atoms with van der Waals surface area (Å²) in [6, 6.07) is 16.2. The minimum absolute atomic E-state index is 0.0542. The smallest absolute Gasteiger partial charge is 0.227 e. The number of amides is 1. The normalized spacial score (nSPS) is 10.3. The van der Waals surface area contributed by atoms with Gasteiger partial charge in [0.2, 0.25) is 5.91 Å². The number of hydrogen-bond acceptors (Lipinski definition) is 1. The zero-order valence-corrected chi connectivity index (χ0v) is 11.6. The van der Waals surface area contributed by atoms with Crippen molar-refractivity contribution in [3.63, 3.8) is 0 Å². The lowest BCUT2D eigenvalue weighted by molar-refractivity contribution is -0.130. The Kier molecular flexibility index (Phi) is 4.88. The van der Waals surface area contributed by atoms with Gasteiger partial charge in [-0.1, -0.05) is 48.5 Å². The first kappa shape index (κ1) is 14.3. The zero-order valence-electron chi connectivity index (χ0n) is 11.6. The van der Waals surface area contributed by atoms with Gasteiger partial charge in [-0.3, -0.25) is 4.79 Å². The summed E-state index contributed by atoms with van der Waals surface area (Å²) in [4.78, 5) is 14.0. The molecular formula is C17H18FNO. The van der Waals surface area contributed by atoms with Gasteiger partial charge < -0.3 is 4.90 Å². The molecule has 0 aliphatic carbocycles. The third-order valence-electron chi connectivity index (χ3n) is 3.25. The van der Waals surface area contributed by atoms with Gasteiger partial charge in [-0.15, -0.1) is 0 Å². The molecule has 2 nitrogen and oxygen atoms in total. The summed E-state index contributed by atoms with van der Waals surface area (Å²) < 4.78 is 13.6. The van der Waals surface area contributed by atoms with Gasteiger partial charge in [-0.2, -0.15) is 0 Å². The number of benzene rings is 2. The van der Waals surface area contributed by atoms with Crippen LogP contribution in [0.5, 0.6) is 0 Å². The van der Waals surface area contributed by atoms with Gasteiger partial charge in [0.05, 0.1) is 6.42 Å². The van der Waals surface area contributed by atoms with Gasteiger partial charge in [0, 0.05) is 13.1 Å². The monoisotopic (exact) mass is 271 g/mol. The zero-order chi connectivity index (χ0) is 14.4. The molecule has 104 valence electrons. The minimum atomic E-state index is -0.323. The molecule has 0 saturated carbocycles. The van der Waals surface area contributed by atoms with E-state index in [9.17, 15) is 9.18 Å². The minimum Gasteiger partial charge on any atom is -0.338 e. The summed E-state index contributed by atoms with van der Waals surface area (Å²) in [5, 5.41) is 0. The molecule has 0 radical (unpaired) electrons. The second kappa shape index (κ2) is 6.85. The van der Waals surface area contributed by atoms with Crippen LogP contribution < -0.4 is 0 Å². The van der Waals surface area contributed by atoms with E-state index in [4.69, 9.17) is 0 Å². The molecule has 0 saturated heterocycles. The summed E-state index contributed by atoms with van der Waals surface area (Å²) in [5.41, 5.74) is 1.53. The molecule has 2 aromatic rings. The topological polar surface area (TPSA) is 20.3 Å². The maximum Gasteiger partial charge on any atom is 0.227 e. The first-order valence-corrected chi connectivity index (χ1v) is 6.75. The largest absolute Gasteiger partial charge is 0.338 e. The van der Waals surface area contributed by atoms with Crippen LogP contribution in [0.2, 0.25) is 0 Å². The molecule has 2 rings (SSSR count). The average Bonchev–Trinajstić information content (AvgIpc) is 2.48. The van der Waals surface area contributed by atoms with Crippen molar-refractivity contribution in [3.05, 3.63) is 71.5 Å². The Bertz CT molecular complexity index is 568. The van der Waals surface area contributed by atoms with Crippen molar-refractivity contribution in [3.8, 4) is 0 Å². The lowest BCUT2D eigenvalue weighted by Gasteiger charge is -2.21. The summed E-state index contributed by atoms with van der Waals surface area (Å²) in [5.74, 6) is -0.377. The van der Waals surface area contributed by atoms with E-state index in [1.807, 2.05) is 37.3 Å². The van der Waals surface area contributed by atoms with Crippen LogP contribution >= 0.6 is 0 Å². The fourth-order valence-electron chi connectivity index (χ4n) is 2.10. The van der Waals surface area contributed by atoms with Crippen LogP contribution in [0.25, 0.3) is 0 Å². The highest BCUT2D eigenvalue weighted by atomic mass is 19.1. The number of rotatable bonds is 5. The van der Waals surface area contributed by atoms with Crippen molar-refractivity contribution in [2.45, 2.75) is 19.9 Å². The predicted octanol–water partition coefficient (Wildman–Crippen LogP) is 3.42. The molecule has 0 fully saturated rings. The van der Waals surface area contributed by atoms with E-state index in [1.165, 1.54) is 6.07 Å². The molecule has 0 bridgehead atoms. The lowest BCUT2D eigenvalue weighted by Crippen LogP contribution is -2.31. The maximum absolute atomic E-state index is 13.6. The highest BCUT2D eigenvalue weighted by molar-refractivity contribution is 5.78. The Hall–Kier alpha value is -2.16. The van der Waals surface area contributed by atoms with E-state index in [2.05, 4.69) is 0 Å². The van der Waals surface area contributed by atoms with Crippen molar-refractivity contribution in [2.75, 3.05) is 6.54 Å². The van der Waals surface area contributed by atoms with Gasteiger partial charge in [-0.05, 0) is 24.1 Å². The first-order valence-electron chi connectivity index (χ1n) is 6.75. The van der Waals surface area contributed by atoms with E-state index >= 15 is 0 Å². The van der Waals surface area contributed by atoms with Gasteiger partial charge in [0.1, 0.15) is 5.82 Å². The van der Waals surface area contributed by atoms with E-state index < -0.39 is 0 Å². The van der Waals surface area contributed by atoms with Crippen LogP contribution in [-0.2, 0) is 17.8 Å². The molecule has 2 aromatic carbocycles. The Balaban J connectivity index is 2.04. The van der Waals surface area contributed by atoms with Crippen molar-refractivity contribution in [1.29, 1.82) is 0 Å². The molecule has 0 aliphatic rings. The van der Waals surface area contributed by atoms with Crippen molar-refractivity contribution in [1.82, 2.24) is 4.90 Å². The number of hydrogen-bond donors (Lipinski definition) is 0. The van der Waals surface area contributed by atoms with Crippen LogP contribution in [0.3, 0.4) is 0 Å². The Morgan fingerprint density at radius 3 is 2.35 bits per heavy atom. The second-order valence-corrected chi connectivity index (χ2v) is 4.66. The highest BCUT2D eigenvalue weighted by Gasteiger charge is 2.14. The van der Waals surface area contributed by atoms with Crippen molar-refractivity contribution >= 4 is 5.91 Å². The SMILES string of the molecule is CCN(Cc1ccccc1)C(=O)Cc1ccccc1F. The fraction of sp³-hybridized carbons (Fsp3) is 0.235. The third-order valence-corrected chi connectivity index (χ3v) is 3.25. The molecule has 0 atom stereocenters. The molecule has 0 aromatic heterocycles. The molecule has 0 spiro atoms. The summed E-state index contributed by atoms with van der Waals surface area (Å²) >= 11 is 0. The van der Waals surface area contributed by atoms with Gasteiger partial charge in [0.15, 0.2) is 0 Å². The number of nitrogens with zero attached hydrogens (tertiary/aromatic N) is 1. The lowest BCUT2D eigenvalue weighted by atomic mass is 10.1. The number of likely N-dealkylation sites (N-methyl/N-ethyl adjacent to an activating group) is 1. The summed E-state index contributed by atoms with van der Waals surface area (Å²) in [6.07, 6.45) is 0.105. The summed E-state index contributed by atoms with van der Waals surface area (Å²) in [6.45, 7) is 3.11. The standard InChI is InChI=1S/C17H18FNO/c1-2-19(13-14-8-4-3-5-9-14)17(20)12-15-10-6-7-11-16(15)18/h3-11H,2,12-13H2,1H3. The maximum atomic E-state index is 13.6. The van der Waals surface area contributed by atoms with Crippen LogP contribution in [0.15, 0.2) is 54.6 Å². The fourth-order valence-corrected chi connectivity index (χ4v) is 2.10. The van der Waals surface area contributed by atoms with Gasteiger partial charge in [-0.25, -0.2) is 4.39 Å². The number of carbonyl (C=O) groups is 1. The highest BCUT2D eigenvalue weighted by Crippen LogP contribution is 2.11. The van der Waals surface area contributed by atoms with E-state index in [0.717, 1.165) is 5.56 Å². The average molecular weight is 271 g/mol. The van der Waals surface area contributed by atoms with Gasteiger partial charge >= 0.3 is 0 Å². The van der Waals surface area contributed by atoms with Crippen molar-refractivity contribution < 1.29 is 9.18 Å². The van der Waals surface area contributed by atoms with Crippen LogP contribution in [-0.4, -0.2) is 17.4 Å². The Morgan fingerprint density at radius 1 is 1.05 bits per heavy atom. The molecule has 0 N–H and O–H groups in total. The van der Waals surface area contributed by atoms with E-state index in [-0.39, 0.29) is 18.1 Å². The second-order valence-electron chi connectivity index (χ2n) is 4.66. The first-order chi connectivity index (χ1) is 9.70. The Morgan fingerprint density at radius 2 is 1.70 bits per heavy atom. The van der Waals surface area contributed by atoms with Crippen LogP contribution in [0.1, 0.15) is 18.1 Å². The third kappa shape index (κ3) is 3.67. The molecule has 0 heterocycles. The molecule has 20 heavy (non-hydrogen) atoms. The predicted molar refractivity (Wildman–Crippen MR) is 77.6 cm³/mol. The summed E-state index contributed by atoms with van der Waals surface area (Å²) in [7, 11) is 0. The number of carbonyl (C=O) groups excluding carboxylic acids is 1. The van der Waals surface area contributed by atoms with E-state index in [1.54, 1.807) is 23.1 Å². The molecule has 0 unspecified atom stereocenters. The van der Waals surface area contributed by atoms with Gasteiger partial charge in [0.25, 0.3) is 0 Å². The van der Waals surface area contributed by atoms with Crippen LogP contribution in [0.4, 0.5) is 4.39 Å². The van der Waals surface area contributed by atoms with Crippen molar-refractivity contribution in [2.24, 2.45) is 0 Å². The number of halogens is 1. The van der Waals surface area contributed by atoms with E-state index in [0.29, 0.717) is 18.7 Å². The molecular weight excluding hydrogens is 253 g/mol.